The molecule has 1 spiro atoms. The zero-order valence-electron chi connectivity index (χ0n) is 19.3. The van der Waals surface area contributed by atoms with Gasteiger partial charge in [-0.05, 0) is 19.3 Å². The zero-order valence-corrected chi connectivity index (χ0v) is 19.3. The number of morpholine rings is 1. The summed E-state index contributed by atoms with van der Waals surface area (Å²) in [6.45, 7) is 9.64. The van der Waals surface area contributed by atoms with E-state index in [-0.39, 0.29) is 19.1 Å². The van der Waals surface area contributed by atoms with Crippen molar-refractivity contribution in [3.05, 3.63) is 12.7 Å². The third-order valence-electron chi connectivity index (χ3n) is 7.97. The van der Waals surface area contributed by atoms with Gasteiger partial charge in [-0.3, -0.25) is 19.3 Å². The van der Waals surface area contributed by atoms with Gasteiger partial charge in [0.2, 0.25) is 11.8 Å². The molecule has 0 aliphatic carbocycles. The number of ether oxygens (including phenoxy) is 2. The van der Waals surface area contributed by atoms with E-state index >= 15 is 0 Å². The van der Waals surface area contributed by atoms with Crippen molar-refractivity contribution in [1.82, 2.24) is 14.7 Å². The van der Waals surface area contributed by atoms with Crippen LogP contribution in [-0.2, 0) is 23.9 Å². The number of amides is 2. The number of carbonyl (C=O) groups is 3. The highest BCUT2D eigenvalue weighted by Gasteiger charge is 2.79. The normalized spacial score (nSPS) is 35.6. The smallest absolute Gasteiger partial charge is 0.310 e. The van der Waals surface area contributed by atoms with Crippen LogP contribution in [0.25, 0.3) is 0 Å². The van der Waals surface area contributed by atoms with Gasteiger partial charge in [-0.2, -0.15) is 0 Å². The Balaban J connectivity index is 1.64. The Bertz CT molecular complexity index is 801. The first kappa shape index (κ1) is 24.1. The number of nitrogens with zero attached hydrogens (tertiary/aromatic N) is 3. The predicted octanol–water partition coefficient (Wildman–Crippen LogP) is -0.435. The number of hydrogen-bond donors (Lipinski definition) is 2. The molecular weight excluding hydrogens is 430 g/mol. The molecule has 4 saturated heterocycles. The average Bonchev–Trinajstić information content (AvgIpc) is 3.41. The van der Waals surface area contributed by atoms with Crippen molar-refractivity contribution in [2.45, 2.75) is 43.4 Å². The molecule has 4 aliphatic rings. The van der Waals surface area contributed by atoms with E-state index in [9.17, 15) is 24.6 Å². The molecule has 5 atom stereocenters. The number of likely N-dealkylation sites (tertiary alicyclic amines) is 1. The van der Waals surface area contributed by atoms with Gasteiger partial charge >= 0.3 is 5.97 Å². The van der Waals surface area contributed by atoms with Gasteiger partial charge in [-0.15, -0.1) is 6.58 Å². The number of carboxylic acids is 1. The second-order valence-electron chi connectivity index (χ2n) is 9.45. The summed E-state index contributed by atoms with van der Waals surface area (Å²) in [5, 5.41) is 19.7. The second kappa shape index (κ2) is 9.32. The molecule has 184 valence electrons. The van der Waals surface area contributed by atoms with Crippen LogP contribution < -0.4 is 0 Å². The molecule has 0 aromatic heterocycles. The second-order valence-corrected chi connectivity index (χ2v) is 9.45. The summed E-state index contributed by atoms with van der Waals surface area (Å²) in [6, 6.07) is -0.954. The van der Waals surface area contributed by atoms with Gasteiger partial charge in [-0.1, -0.05) is 13.0 Å². The molecule has 4 rings (SSSR count). The van der Waals surface area contributed by atoms with Crippen molar-refractivity contribution in [3.8, 4) is 0 Å². The molecule has 2 unspecified atom stereocenters. The highest BCUT2D eigenvalue weighted by Crippen LogP contribution is 2.64. The number of fused-ring (bicyclic) bond motifs is 1. The Labute approximate surface area is 194 Å². The molecule has 0 aromatic carbocycles. The molecular formula is C23H35N3O7. The standard InChI is InChI=1S/C23H35N3O7/c1-3-7-25(9-8-24-11-14-32-15-12-24)20(29)18-23-6-5-22(4-2,33-23)17(21(30)31)16(23)19(28)26(18)10-13-27/h3,16-18,27H,1,4-15H2,2H3,(H,30,31)/t16-,17+,18?,22-,23?/m0/s1. The Morgan fingerprint density at radius 3 is 2.61 bits per heavy atom. The van der Waals surface area contributed by atoms with Gasteiger partial charge in [0.05, 0.1) is 31.3 Å². The average molecular weight is 466 g/mol. The van der Waals surface area contributed by atoms with Gasteiger partial charge in [0.15, 0.2) is 0 Å². The largest absolute Gasteiger partial charge is 0.481 e. The zero-order chi connectivity index (χ0) is 23.8. The van der Waals surface area contributed by atoms with Crippen LogP contribution >= 0.6 is 0 Å². The number of aliphatic hydroxyl groups excluding tert-OH is 1. The molecule has 2 amide bonds. The maximum atomic E-state index is 14.0. The van der Waals surface area contributed by atoms with Crippen LogP contribution in [0.4, 0.5) is 0 Å². The van der Waals surface area contributed by atoms with Crippen molar-refractivity contribution in [1.29, 1.82) is 0 Å². The monoisotopic (exact) mass is 465 g/mol. The lowest BCUT2D eigenvalue weighted by Gasteiger charge is -2.37. The minimum Gasteiger partial charge on any atom is -0.481 e. The molecule has 10 heteroatoms. The molecule has 2 N–H and O–H groups in total. The summed E-state index contributed by atoms with van der Waals surface area (Å²) < 4.78 is 11.9. The highest BCUT2D eigenvalue weighted by atomic mass is 16.5. The molecule has 4 fully saturated rings. The number of carbonyl (C=O) groups excluding carboxylic acids is 2. The highest BCUT2D eigenvalue weighted by molar-refractivity contribution is 5.98. The first-order valence-electron chi connectivity index (χ1n) is 11.9. The SMILES string of the molecule is C=CCN(CCN1CCOCC1)C(=O)C1N(CCO)C(=O)[C@@H]2[C@H](C(=O)O)[C@]3(CC)CCC12O3. The lowest BCUT2D eigenvalue weighted by Crippen LogP contribution is -2.57. The fraction of sp³-hybridized carbons (Fsp3) is 0.783. The van der Waals surface area contributed by atoms with E-state index in [4.69, 9.17) is 9.47 Å². The number of aliphatic carboxylic acids is 1. The molecule has 4 aliphatic heterocycles. The molecule has 0 radical (unpaired) electrons. The third-order valence-corrected chi connectivity index (χ3v) is 7.97. The summed E-state index contributed by atoms with van der Waals surface area (Å²) in [4.78, 5) is 45.0. The fourth-order valence-electron chi connectivity index (χ4n) is 6.43. The fourth-order valence-corrected chi connectivity index (χ4v) is 6.43. The van der Waals surface area contributed by atoms with Gasteiger partial charge in [0.25, 0.3) is 0 Å². The lowest BCUT2D eigenvalue weighted by atomic mass is 9.65. The van der Waals surface area contributed by atoms with Crippen molar-refractivity contribution < 1.29 is 34.1 Å². The number of β-amino-alcohol motifs (C(OH)–C–C–N with tert-alkyl or cyclic N) is 1. The van der Waals surface area contributed by atoms with Gasteiger partial charge in [0, 0.05) is 39.3 Å². The maximum absolute atomic E-state index is 14.0. The third kappa shape index (κ3) is 3.77. The summed E-state index contributed by atoms with van der Waals surface area (Å²) in [7, 11) is 0. The number of hydrogen-bond acceptors (Lipinski definition) is 7. The van der Waals surface area contributed by atoms with Gasteiger partial charge in [0.1, 0.15) is 17.6 Å². The van der Waals surface area contributed by atoms with Crippen LogP contribution in [0, 0.1) is 11.8 Å². The molecule has 4 heterocycles. The topological polar surface area (TPSA) is 120 Å². The van der Waals surface area contributed by atoms with Crippen molar-refractivity contribution in [2.75, 3.05) is 59.1 Å². The van der Waals surface area contributed by atoms with Crippen molar-refractivity contribution >= 4 is 17.8 Å². The van der Waals surface area contributed by atoms with E-state index in [0.717, 1.165) is 13.1 Å². The number of aliphatic hydroxyl groups is 1. The molecule has 33 heavy (non-hydrogen) atoms. The maximum Gasteiger partial charge on any atom is 0.310 e. The van der Waals surface area contributed by atoms with E-state index in [0.29, 0.717) is 52.1 Å². The van der Waals surface area contributed by atoms with Crippen LogP contribution in [0.1, 0.15) is 26.2 Å². The lowest BCUT2D eigenvalue weighted by molar-refractivity contribution is -0.158. The van der Waals surface area contributed by atoms with Crippen LogP contribution in [0.15, 0.2) is 12.7 Å². The van der Waals surface area contributed by atoms with Crippen LogP contribution in [0.2, 0.25) is 0 Å². The minimum absolute atomic E-state index is 0.0340. The summed E-state index contributed by atoms with van der Waals surface area (Å²) in [5.41, 5.74) is -2.12. The van der Waals surface area contributed by atoms with E-state index in [1.807, 2.05) is 6.92 Å². The predicted molar refractivity (Wildman–Crippen MR) is 117 cm³/mol. The van der Waals surface area contributed by atoms with Crippen molar-refractivity contribution in [3.63, 3.8) is 0 Å². The molecule has 2 bridgehead atoms. The first-order valence-corrected chi connectivity index (χ1v) is 11.9. The summed E-state index contributed by atoms with van der Waals surface area (Å²) in [5.74, 6) is -3.66. The molecule has 0 aromatic rings. The van der Waals surface area contributed by atoms with Crippen LogP contribution in [-0.4, -0.2) is 119 Å². The minimum atomic E-state index is -1.18. The van der Waals surface area contributed by atoms with Crippen molar-refractivity contribution in [2.24, 2.45) is 11.8 Å². The Kier molecular flexibility index (Phi) is 6.82. The van der Waals surface area contributed by atoms with E-state index in [1.54, 1.807) is 11.0 Å². The molecule has 10 nitrogen and oxygen atoms in total. The Hall–Kier alpha value is -2.01. The Morgan fingerprint density at radius 1 is 1.27 bits per heavy atom. The van der Waals surface area contributed by atoms with Crippen LogP contribution in [0.3, 0.4) is 0 Å². The van der Waals surface area contributed by atoms with Crippen LogP contribution in [0.5, 0.6) is 0 Å². The first-order chi connectivity index (χ1) is 15.8. The van der Waals surface area contributed by atoms with Gasteiger partial charge < -0.3 is 29.5 Å². The van der Waals surface area contributed by atoms with E-state index < -0.39 is 41.0 Å². The molecule has 0 saturated carbocycles. The van der Waals surface area contributed by atoms with E-state index in [2.05, 4.69) is 11.5 Å². The quantitative estimate of drug-likeness (QED) is 0.417. The summed E-state index contributed by atoms with van der Waals surface area (Å²) >= 11 is 0. The van der Waals surface area contributed by atoms with Gasteiger partial charge in [-0.25, -0.2) is 0 Å². The van der Waals surface area contributed by atoms with E-state index in [1.165, 1.54) is 4.90 Å². The Morgan fingerprint density at radius 2 is 2.00 bits per heavy atom. The summed E-state index contributed by atoms with van der Waals surface area (Å²) in [6.07, 6.45) is 3.06. The number of carboxylic acid groups (broad SMARTS) is 1. The number of rotatable bonds is 10.